The van der Waals surface area contributed by atoms with Crippen molar-refractivity contribution in [3.8, 4) is 0 Å². The molecule has 0 saturated heterocycles. The Morgan fingerprint density at radius 1 is 1.22 bits per heavy atom. The second kappa shape index (κ2) is 6.99. The average Bonchev–Trinajstić information content (AvgIpc) is 1.69. The molecule has 50 valence electrons. The van der Waals surface area contributed by atoms with Crippen LogP contribution in [0.1, 0.15) is 6.92 Å². The van der Waals surface area contributed by atoms with E-state index in [1.165, 1.54) is 6.92 Å². The van der Waals surface area contributed by atoms with E-state index in [4.69, 9.17) is 15.3 Å². The third-order valence-electron chi connectivity index (χ3n) is 1.15. The summed E-state index contributed by atoms with van der Waals surface area (Å²) in [7, 11) is 0. The van der Waals surface area contributed by atoms with Crippen LogP contribution in [-0.2, 0) is 0 Å². The van der Waals surface area contributed by atoms with Crippen molar-refractivity contribution in [1.82, 2.24) is 0 Å². The molecule has 0 aliphatic carbocycles. The van der Waals surface area contributed by atoms with Gasteiger partial charge in [0.1, 0.15) is 0 Å². The van der Waals surface area contributed by atoms with Crippen LogP contribution in [0.3, 0.4) is 0 Å². The van der Waals surface area contributed by atoms with Crippen molar-refractivity contribution in [1.29, 1.82) is 0 Å². The maximum Gasteiger partial charge on any atom is 1.00 e. The molecule has 0 saturated carbocycles. The minimum absolute atomic E-state index is 0. The van der Waals surface area contributed by atoms with Crippen molar-refractivity contribution in [2.75, 3.05) is 13.2 Å². The van der Waals surface area contributed by atoms with Crippen LogP contribution in [0.25, 0.3) is 0 Å². The first-order chi connectivity index (χ1) is 3.72. The van der Waals surface area contributed by atoms with Crippen LogP contribution in [0.4, 0.5) is 0 Å². The summed E-state index contributed by atoms with van der Waals surface area (Å²) in [6, 6.07) is 0. The first-order valence-electron chi connectivity index (χ1n) is 2.62. The number of aliphatic hydroxyl groups is 3. The molecule has 0 fully saturated rings. The summed E-state index contributed by atoms with van der Waals surface area (Å²) in [5.74, 6) is -0.380. The molecule has 9 heavy (non-hydrogen) atoms. The van der Waals surface area contributed by atoms with Gasteiger partial charge in [0, 0.05) is 5.92 Å². The fraction of sp³-hybridized carbons (Fsp3) is 1.00. The summed E-state index contributed by atoms with van der Waals surface area (Å²) in [5, 5.41) is 25.4. The molecule has 0 aromatic carbocycles. The Kier molecular flexibility index (Phi) is 9.75. The van der Waals surface area contributed by atoms with Crippen LogP contribution in [0.2, 0.25) is 0 Å². The molecule has 0 spiro atoms. The van der Waals surface area contributed by atoms with Crippen LogP contribution < -0.4 is 29.6 Å². The van der Waals surface area contributed by atoms with E-state index in [1.807, 2.05) is 0 Å². The van der Waals surface area contributed by atoms with E-state index in [0.717, 1.165) is 0 Å². The molecule has 1 unspecified atom stereocenters. The van der Waals surface area contributed by atoms with E-state index in [2.05, 4.69) is 0 Å². The molecule has 0 amide bonds. The fourth-order valence-electron chi connectivity index (χ4n) is 0.363. The minimum atomic E-state index is -0.620. The summed E-state index contributed by atoms with van der Waals surface area (Å²) >= 11 is 0. The first-order valence-corrected chi connectivity index (χ1v) is 2.62. The molecule has 3 nitrogen and oxygen atoms in total. The molecule has 4 heteroatoms. The molecule has 0 aliphatic heterocycles. The van der Waals surface area contributed by atoms with E-state index in [-0.39, 0.29) is 48.7 Å². The number of aliphatic hydroxyl groups excluding tert-OH is 3. The topological polar surface area (TPSA) is 60.7 Å². The van der Waals surface area contributed by atoms with Crippen molar-refractivity contribution >= 4 is 0 Å². The maximum absolute atomic E-state index is 8.69. The number of rotatable bonds is 3. The molecular weight excluding hydrogens is 131 g/mol. The third kappa shape index (κ3) is 5.33. The largest absolute Gasteiger partial charge is 1.00 e. The molecule has 0 rings (SSSR count). The van der Waals surface area contributed by atoms with Gasteiger partial charge in [-0.3, -0.25) is 0 Å². The Labute approximate surface area is 77.0 Å². The van der Waals surface area contributed by atoms with E-state index < -0.39 is 6.10 Å². The zero-order valence-corrected chi connectivity index (χ0v) is 7.91. The van der Waals surface area contributed by atoms with Gasteiger partial charge in [-0.1, -0.05) is 0 Å². The minimum Gasteiger partial charge on any atom is -0.396 e. The molecule has 0 heterocycles. The normalized spacial score (nSPS) is 13.0. The zero-order chi connectivity index (χ0) is 6.57. The van der Waals surface area contributed by atoms with Gasteiger partial charge < -0.3 is 15.3 Å². The molecule has 0 aromatic heterocycles. The van der Waals surface area contributed by atoms with E-state index in [0.29, 0.717) is 0 Å². The zero-order valence-electron chi connectivity index (χ0n) is 5.91. The Morgan fingerprint density at radius 3 is 1.56 bits per heavy atom. The molecule has 3 N–H and O–H groups in total. The second-order valence-corrected chi connectivity index (χ2v) is 1.87. The molecule has 0 bridgehead atoms. The predicted molar refractivity (Wildman–Crippen MR) is 29.3 cm³/mol. The first kappa shape index (κ1) is 12.5. The van der Waals surface area contributed by atoms with Crippen molar-refractivity contribution in [2.24, 2.45) is 5.92 Å². The maximum atomic E-state index is 8.69. The van der Waals surface area contributed by atoms with Gasteiger partial charge in [-0.05, 0) is 6.92 Å². The van der Waals surface area contributed by atoms with Gasteiger partial charge in [0.05, 0.1) is 19.3 Å². The number of hydrogen-bond donors (Lipinski definition) is 3. The van der Waals surface area contributed by atoms with Crippen LogP contribution in [-0.4, -0.2) is 34.6 Å². The molecule has 0 radical (unpaired) electrons. The van der Waals surface area contributed by atoms with Gasteiger partial charge in [0.15, 0.2) is 0 Å². The van der Waals surface area contributed by atoms with Gasteiger partial charge in [0.25, 0.3) is 0 Å². The average molecular weight is 143 g/mol. The summed E-state index contributed by atoms with van der Waals surface area (Å²) in [6.45, 7) is 1.22. The van der Waals surface area contributed by atoms with Crippen molar-refractivity contribution < 1.29 is 44.9 Å². The standard InChI is InChI=1S/C5H12O3.Na/c1-4(8)5(2-6)3-7;/h4-8H,2-3H2,1H3;/q;+1. The van der Waals surface area contributed by atoms with Crippen molar-refractivity contribution in [3.63, 3.8) is 0 Å². The Bertz CT molecular complexity index is 54.2. The molecule has 1 atom stereocenters. The molecule has 0 aromatic rings. The van der Waals surface area contributed by atoms with Gasteiger partial charge in [-0.25, -0.2) is 0 Å². The van der Waals surface area contributed by atoms with Crippen molar-refractivity contribution in [3.05, 3.63) is 0 Å². The SMILES string of the molecule is CC(O)C(CO)CO.[Na+]. The summed E-state index contributed by atoms with van der Waals surface area (Å²) in [6.07, 6.45) is -0.620. The Hall–Kier alpha value is 0.880. The Balaban J connectivity index is 0. The van der Waals surface area contributed by atoms with Crippen LogP contribution in [0, 0.1) is 5.92 Å². The Morgan fingerprint density at radius 2 is 1.56 bits per heavy atom. The van der Waals surface area contributed by atoms with Crippen LogP contribution in [0.5, 0.6) is 0 Å². The summed E-state index contributed by atoms with van der Waals surface area (Å²) in [4.78, 5) is 0. The predicted octanol–water partition coefficient (Wildman–Crippen LogP) is -4.03. The van der Waals surface area contributed by atoms with E-state index in [1.54, 1.807) is 0 Å². The van der Waals surface area contributed by atoms with Gasteiger partial charge in [0.2, 0.25) is 0 Å². The second-order valence-electron chi connectivity index (χ2n) is 1.87. The third-order valence-corrected chi connectivity index (χ3v) is 1.15. The van der Waals surface area contributed by atoms with Crippen LogP contribution in [0.15, 0.2) is 0 Å². The molecule has 0 aliphatic rings. The van der Waals surface area contributed by atoms with E-state index >= 15 is 0 Å². The van der Waals surface area contributed by atoms with Crippen LogP contribution >= 0.6 is 0 Å². The number of hydrogen-bond acceptors (Lipinski definition) is 3. The summed E-state index contributed by atoms with van der Waals surface area (Å²) < 4.78 is 0. The van der Waals surface area contributed by atoms with Gasteiger partial charge in [-0.15, -0.1) is 0 Å². The fourth-order valence-corrected chi connectivity index (χ4v) is 0.363. The van der Waals surface area contributed by atoms with Gasteiger partial charge in [-0.2, -0.15) is 0 Å². The summed E-state index contributed by atoms with van der Waals surface area (Å²) in [5.41, 5.74) is 0. The monoisotopic (exact) mass is 143 g/mol. The quantitative estimate of drug-likeness (QED) is 0.353. The molecular formula is C5H12NaO3+. The van der Waals surface area contributed by atoms with Gasteiger partial charge >= 0.3 is 29.6 Å². The van der Waals surface area contributed by atoms with E-state index in [9.17, 15) is 0 Å². The smallest absolute Gasteiger partial charge is 0.396 e. The van der Waals surface area contributed by atoms with Crippen molar-refractivity contribution in [2.45, 2.75) is 13.0 Å².